The van der Waals surface area contributed by atoms with Gasteiger partial charge in [-0.25, -0.2) is 0 Å². The van der Waals surface area contributed by atoms with E-state index >= 15 is 0 Å². The molecule has 0 bridgehead atoms. The summed E-state index contributed by atoms with van der Waals surface area (Å²) in [5.74, 6) is 0. The van der Waals surface area contributed by atoms with Gasteiger partial charge in [0.15, 0.2) is 0 Å². The Hall–Kier alpha value is -0.380. The second-order valence-electron chi connectivity index (χ2n) is 6.47. The summed E-state index contributed by atoms with van der Waals surface area (Å²) in [5.41, 5.74) is 8.24. The number of likely N-dealkylation sites (tertiary alicyclic amines) is 1. The van der Waals surface area contributed by atoms with E-state index in [1.807, 2.05) is 11.3 Å². The number of hydrogen-bond donors (Lipinski definition) is 1. The molecule has 2 heterocycles. The largest absolute Gasteiger partial charge is 0.326 e. The van der Waals surface area contributed by atoms with Crippen molar-refractivity contribution in [1.82, 2.24) is 4.90 Å². The standard InChI is InChI=1S/C16H28N2S/c1-5-16(4)7-9-18(10-8-16)14(13(3)17)15-12(2)6-11-19-15/h6,11,13-14H,5,7-10,17H2,1-4H3. The molecule has 0 amide bonds. The van der Waals surface area contributed by atoms with Crippen LogP contribution in [0.4, 0.5) is 0 Å². The topological polar surface area (TPSA) is 29.3 Å². The van der Waals surface area contributed by atoms with Gasteiger partial charge in [-0.3, -0.25) is 4.90 Å². The third-order valence-electron chi connectivity index (χ3n) is 4.92. The van der Waals surface area contributed by atoms with Gasteiger partial charge in [0.1, 0.15) is 0 Å². The molecule has 0 radical (unpaired) electrons. The number of thiophene rings is 1. The smallest absolute Gasteiger partial charge is 0.0593 e. The van der Waals surface area contributed by atoms with Crippen LogP contribution in [0.1, 0.15) is 56.5 Å². The fourth-order valence-electron chi connectivity index (χ4n) is 3.12. The lowest BCUT2D eigenvalue weighted by molar-refractivity contribution is 0.0733. The summed E-state index contributed by atoms with van der Waals surface area (Å²) >= 11 is 1.86. The molecule has 1 aliphatic rings. The van der Waals surface area contributed by atoms with Crippen molar-refractivity contribution in [2.24, 2.45) is 11.1 Å². The lowest BCUT2D eigenvalue weighted by atomic mass is 9.77. The van der Waals surface area contributed by atoms with Gasteiger partial charge in [0.25, 0.3) is 0 Å². The van der Waals surface area contributed by atoms with Crippen LogP contribution in [0.5, 0.6) is 0 Å². The first-order valence-corrected chi connectivity index (χ1v) is 8.38. The van der Waals surface area contributed by atoms with Gasteiger partial charge in [0, 0.05) is 10.9 Å². The number of piperidine rings is 1. The van der Waals surface area contributed by atoms with Crippen LogP contribution >= 0.6 is 11.3 Å². The van der Waals surface area contributed by atoms with Gasteiger partial charge >= 0.3 is 0 Å². The van der Waals surface area contributed by atoms with Gasteiger partial charge in [-0.2, -0.15) is 0 Å². The predicted octanol–water partition coefficient (Wildman–Crippen LogP) is 3.96. The second kappa shape index (κ2) is 5.94. The van der Waals surface area contributed by atoms with Crippen LogP contribution in [0.15, 0.2) is 11.4 Å². The lowest BCUT2D eigenvalue weighted by Gasteiger charge is -2.43. The monoisotopic (exact) mass is 280 g/mol. The van der Waals surface area contributed by atoms with E-state index in [4.69, 9.17) is 5.73 Å². The van der Waals surface area contributed by atoms with Crippen LogP contribution < -0.4 is 5.73 Å². The van der Waals surface area contributed by atoms with Crippen molar-refractivity contribution in [3.63, 3.8) is 0 Å². The van der Waals surface area contributed by atoms with Gasteiger partial charge < -0.3 is 5.73 Å². The molecule has 2 atom stereocenters. The number of rotatable bonds is 4. The molecule has 2 unspecified atom stereocenters. The fraction of sp³-hybridized carbons (Fsp3) is 0.750. The van der Waals surface area contributed by atoms with Crippen LogP contribution in [0, 0.1) is 12.3 Å². The molecule has 19 heavy (non-hydrogen) atoms. The first-order valence-electron chi connectivity index (χ1n) is 7.50. The minimum Gasteiger partial charge on any atom is -0.326 e. The number of nitrogens with zero attached hydrogens (tertiary/aromatic N) is 1. The summed E-state index contributed by atoms with van der Waals surface area (Å²) in [7, 11) is 0. The Balaban J connectivity index is 2.13. The average Bonchev–Trinajstić information content (AvgIpc) is 2.78. The molecule has 2 N–H and O–H groups in total. The Morgan fingerprint density at radius 2 is 2.05 bits per heavy atom. The molecule has 0 aliphatic carbocycles. The van der Waals surface area contributed by atoms with E-state index in [2.05, 4.69) is 44.0 Å². The van der Waals surface area contributed by atoms with Crippen molar-refractivity contribution in [3.05, 3.63) is 21.9 Å². The molecule has 1 saturated heterocycles. The molecular weight excluding hydrogens is 252 g/mol. The van der Waals surface area contributed by atoms with E-state index < -0.39 is 0 Å². The predicted molar refractivity (Wildman–Crippen MR) is 84.7 cm³/mol. The van der Waals surface area contributed by atoms with Gasteiger partial charge in [0.2, 0.25) is 0 Å². The van der Waals surface area contributed by atoms with E-state index in [1.54, 1.807) is 0 Å². The van der Waals surface area contributed by atoms with Crippen molar-refractivity contribution in [1.29, 1.82) is 0 Å². The summed E-state index contributed by atoms with van der Waals surface area (Å²) in [5, 5.41) is 2.19. The molecule has 0 aromatic carbocycles. The Bertz CT molecular complexity index is 403. The highest BCUT2D eigenvalue weighted by Gasteiger charge is 2.34. The normalized spacial score (nSPS) is 23.2. The molecule has 0 saturated carbocycles. The van der Waals surface area contributed by atoms with Crippen LogP contribution in [-0.2, 0) is 0 Å². The summed E-state index contributed by atoms with van der Waals surface area (Å²) in [6.07, 6.45) is 3.90. The van der Waals surface area contributed by atoms with E-state index in [9.17, 15) is 0 Å². The molecule has 108 valence electrons. The molecule has 2 nitrogen and oxygen atoms in total. The fourth-order valence-corrected chi connectivity index (χ4v) is 4.30. The van der Waals surface area contributed by atoms with Crippen molar-refractivity contribution in [2.45, 2.75) is 59.0 Å². The Morgan fingerprint density at radius 3 is 2.47 bits per heavy atom. The molecule has 1 fully saturated rings. The van der Waals surface area contributed by atoms with E-state index in [0.29, 0.717) is 11.5 Å². The summed E-state index contributed by atoms with van der Waals surface area (Å²) in [6.45, 7) is 11.5. The summed E-state index contributed by atoms with van der Waals surface area (Å²) in [6, 6.07) is 2.82. The first kappa shape index (κ1) is 15.0. The lowest BCUT2D eigenvalue weighted by Crippen LogP contribution is -2.45. The average molecular weight is 280 g/mol. The Morgan fingerprint density at radius 1 is 1.42 bits per heavy atom. The maximum Gasteiger partial charge on any atom is 0.0593 e. The molecule has 0 spiro atoms. The van der Waals surface area contributed by atoms with Gasteiger partial charge in [-0.15, -0.1) is 11.3 Å². The minimum absolute atomic E-state index is 0.198. The quantitative estimate of drug-likeness (QED) is 0.904. The van der Waals surface area contributed by atoms with E-state index in [0.717, 1.165) is 0 Å². The van der Waals surface area contributed by atoms with Crippen molar-refractivity contribution >= 4 is 11.3 Å². The zero-order valence-corrected chi connectivity index (χ0v) is 13.6. The van der Waals surface area contributed by atoms with Crippen LogP contribution in [0.3, 0.4) is 0 Å². The highest BCUT2D eigenvalue weighted by molar-refractivity contribution is 7.10. The Labute approximate surface area is 122 Å². The van der Waals surface area contributed by atoms with Gasteiger partial charge in [-0.1, -0.05) is 20.3 Å². The van der Waals surface area contributed by atoms with Crippen LogP contribution in [-0.4, -0.2) is 24.0 Å². The minimum atomic E-state index is 0.198. The van der Waals surface area contributed by atoms with Crippen LogP contribution in [0.2, 0.25) is 0 Å². The number of hydrogen-bond acceptors (Lipinski definition) is 3. The van der Waals surface area contributed by atoms with E-state index in [1.165, 1.54) is 42.8 Å². The van der Waals surface area contributed by atoms with Crippen LogP contribution in [0.25, 0.3) is 0 Å². The molecular formula is C16H28N2S. The van der Waals surface area contributed by atoms with E-state index in [-0.39, 0.29) is 6.04 Å². The molecule has 2 rings (SSSR count). The highest BCUT2D eigenvalue weighted by atomic mass is 32.1. The molecule has 3 heteroatoms. The number of nitrogens with two attached hydrogens (primary N) is 1. The highest BCUT2D eigenvalue weighted by Crippen LogP contribution is 2.39. The van der Waals surface area contributed by atoms with Crippen molar-refractivity contribution in [3.8, 4) is 0 Å². The SMILES string of the molecule is CCC1(C)CCN(C(c2sccc2C)C(C)N)CC1. The first-order chi connectivity index (χ1) is 8.97. The third-order valence-corrected chi connectivity index (χ3v) is 6.01. The number of aryl methyl sites for hydroxylation is 1. The summed E-state index contributed by atoms with van der Waals surface area (Å²) < 4.78 is 0. The third kappa shape index (κ3) is 3.21. The summed E-state index contributed by atoms with van der Waals surface area (Å²) in [4.78, 5) is 4.08. The zero-order chi connectivity index (χ0) is 14.0. The van der Waals surface area contributed by atoms with Gasteiger partial charge in [-0.05, 0) is 62.2 Å². The van der Waals surface area contributed by atoms with Crippen molar-refractivity contribution in [2.75, 3.05) is 13.1 Å². The second-order valence-corrected chi connectivity index (χ2v) is 7.42. The molecule has 1 aliphatic heterocycles. The zero-order valence-electron chi connectivity index (χ0n) is 12.8. The van der Waals surface area contributed by atoms with Crippen molar-refractivity contribution < 1.29 is 0 Å². The maximum absolute atomic E-state index is 6.29. The van der Waals surface area contributed by atoms with Gasteiger partial charge in [0.05, 0.1) is 6.04 Å². The maximum atomic E-state index is 6.29. The molecule has 1 aromatic heterocycles. The Kier molecular flexibility index (Phi) is 4.70. The molecule has 1 aromatic rings.